The molecule has 2 heterocycles. The molecular weight excluding hydrogens is 553 g/mol. The largest absolute Gasteiger partial charge is 0.310 e. The minimum Gasteiger partial charge on any atom is -0.310 e. The summed E-state index contributed by atoms with van der Waals surface area (Å²) in [6, 6.07) is 53.0. The van der Waals surface area contributed by atoms with Gasteiger partial charge in [0.15, 0.2) is 0 Å². The van der Waals surface area contributed by atoms with Crippen LogP contribution in [0.2, 0.25) is 0 Å². The SMILES string of the molecule is c1ccc(-c2ccc(N(c3ccc4c(ccc5c6ccccc6ccc45)c3)c3ccc4c(c3)sc3ccncc34)cc2)cc1. The van der Waals surface area contributed by atoms with Crippen LogP contribution in [0.15, 0.2) is 158 Å². The van der Waals surface area contributed by atoms with E-state index in [0.717, 1.165) is 17.1 Å². The van der Waals surface area contributed by atoms with Crippen LogP contribution < -0.4 is 4.90 Å². The van der Waals surface area contributed by atoms with Crippen LogP contribution in [0.3, 0.4) is 0 Å². The van der Waals surface area contributed by atoms with Crippen molar-refractivity contribution in [2.24, 2.45) is 0 Å². The Labute approximate surface area is 259 Å². The zero-order chi connectivity index (χ0) is 29.0. The van der Waals surface area contributed by atoms with Crippen LogP contribution in [-0.2, 0) is 0 Å². The number of hydrogen-bond acceptors (Lipinski definition) is 3. The summed E-state index contributed by atoms with van der Waals surface area (Å²) in [7, 11) is 0. The lowest BCUT2D eigenvalue weighted by Crippen LogP contribution is -2.09. The van der Waals surface area contributed by atoms with E-state index < -0.39 is 0 Å². The molecule has 206 valence electrons. The smallest absolute Gasteiger partial charge is 0.0476 e. The molecule has 0 atom stereocenters. The second-order valence-corrected chi connectivity index (χ2v) is 12.3. The molecule has 44 heavy (non-hydrogen) atoms. The first-order valence-corrected chi connectivity index (χ1v) is 15.7. The summed E-state index contributed by atoms with van der Waals surface area (Å²) in [5, 5.41) is 10.1. The van der Waals surface area contributed by atoms with Gasteiger partial charge in [0, 0.05) is 49.6 Å². The minimum absolute atomic E-state index is 1.12. The molecule has 0 saturated heterocycles. The molecule has 0 N–H and O–H groups in total. The first kappa shape index (κ1) is 25.0. The van der Waals surface area contributed by atoms with E-state index in [1.165, 1.54) is 63.6 Å². The maximum absolute atomic E-state index is 4.38. The molecule has 7 aromatic carbocycles. The van der Waals surface area contributed by atoms with E-state index in [1.807, 2.05) is 23.7 Å². The number of rotatable bonds is 4. The summed E-state index contributed by atoms with van der Waals surface area (Å²) in [5.41, 5.74) is 5.82. The van der Waals surface area contributed by atoms with Gasteiger partial charge in [0.25, 0.3) is 0 Å². The molecule has 0 spiro atoms. The van der Waals surface area contributed by atoms with Crippen molar-refractivity contribution in [3.63, 3.8) is 0 Å². The molecule has 2 aromatic heterocycles. The van der Waals surface area contributed by atoms with Gasteiger partial charge in [-0.3, -0.25) is 4.98 Å². The number of benzene rings is 7. The highest BCUT2D eigenvalue weighted by Crippen LogP contribution is 2.42. The van der Waals surface area contributed by atoms with E-state index in [1.54, 1.807) is 0 Å². The Hall–Kier alpha value is -5.51. The lowest BCUT2D eigenvalue weighted by molar-refractivity contribution is 1.30. The number of anilines is 3. The van der Waals surface area contributed by atoms with Gasteiger partial charge in [-0.1, -0.05) is 103 Å². The first-order valence-electron chi connectivity index (χ1n) is 14.9. The predicted molar refractivity (Wildman–Crippen MR) is 190 cm³/mol. The van der Waals surface area contributed by atoms with Gasteiger partial charge in [0.1, 0.15) is 0 Å². The summed E-state index contributed by atoms with van der Waals surface area (Å²) in [6.07, 6.45) is 3.85. The summed E-state index contributed by atoms with van der Waals surface area (Å²) in [5.74, 6) is 0. The third-order valence-corrected chi connectivity index (χ3v) is 9.86. The Morgan fingerprint density at radius 2 is 1.05 bits per heavy atom. The van der Waals surface area contributed by atoms with Crippen LogP contribution in [0.4, 0.5) is 17.1 Å². The number of thiophene rings is 1. The van der Waals surface area contributed by atoms with E-state index in [9.17, 15) is 0 Å². The molecule has 3 heteroatoms. The molecule has 0 bridgehead atoms. The Morgan fingerprint density at radius 3 is 1.89 bits per heavy atom. The van der Waals surface area contributed by atoms with Crippen LogP contribution in [0.25, 0.3) is 63.6 Å². The van der Waals surface area contributed by atoms with Gasteiger partial charge in [-0.25, -0.2) is 0 Å². The number of fused-ring (bicyclic) bond motifs is 8. The van der Waals surface area contributed by atoms with Crippen molar-refractivity contribution in [2.75, 3.05) is 4.90 Å². The van der Waals surface area contributed by atoms with E-state index in [-0.39, 0.29) is 0 Å². The molecule has 0 aliphatic carbocycles. The van der Waals surface area contributed by atoms with Gasteiger partial charge in [0.05, 0.1) is 0 Å². The normalized spacial score (nSPS) is 11.6. The van der Waals surface area contributed by atoms with Crippen molar-refractivity contribution in [1.29, 1.82) is 0 Å². The Morgan fingerprint density at radius 1 is 0.409 bits per heavy atom. The highest BCUT2D eigenvalue weighted by Gasteiger charge is 2.16. The van der Waals surface area contributed by atoms with Crippen LogP contribution in [0.5, 0.6) is 0 Å². The fourth-order valence-corrected chi connectivity index (χ4v) is 7.69. The van der Waals surface area contributed by atoms with E-state index in [2.05, 4.69) is 155 Å². The monoisotopic (exact) mass is 578 g/mol. The summed E-state index contributed by atoms with van der Waals surface area (Å²) in [6.45, 7) is 0. The van der Waals surface area contributed by atoms with Crippen LogP contribution >= 0.6 is 11.3 Å². The van der Waals surface area contributed by atoms with Gasteiger partial charge < -0.3 is 4.90 Å². The van der Waals surface area contributed by atoms with Crippen molar-refractivity contribution in [1.82, 2.24) is 4.98 Å². The zero-order valence-electron chi connectivity index (χ0n) is 23.8. The Bertz CT molecular complexity index is 2490. The van der Waals surface area contributed by atoms with Crippen molar-refractivity contribution in [3.05, 3.63) is 158 Å². The van der Waals surface area contributed by atoms with Crippen LogP contribution in [0.1, 0.15) is 0 Å². The van der Waals surface area contributed by atoms with Gasteiger partial charge >= 0.3 is 0 Å². The summed E-state index contributed by atoms with van der Waals surface area (Å²) >= 11 is 1.82. The lowest BCUT2D eigenvalue weighted by atomic mass is 9.96. The number of aromatic nitrogens is 1. The zero-order valence-corrected chi connectivity index (χ0v) is 24.6. The maximum atomic E-state index is 4.38. The number of hydrogen-bond donors (Lipinski definition) is 0. The van der Waals surface area contributed by atoms with Gasteiger partial charge in [-0.2, -0.15) is 0 Å². The van der Waals surface area contributed by atoms with Gasteiger partial charge in [0.2, 0.25) is 0 Å². The standard InChI is InChI=1S/C41H26N2S/c1-2-6-27(7-3-1)28-10-14-31(15-11-28)43(33-17-21-38-39-26-42-23-22-40(39)44-41(38)25-33)32-16-20-35-30(24-32)13-19-36-34-9-5-4-8-29(34)12-18-37(35)36/h1-26H. The van der Waals surface area contributed by atoms with E-state index in [0.29, 0.717) is 0 Å². The average molecular weight is 579 g/mol. The lowest BCUT2D eigenvalue weighted by Gasteiger charge is -2.26. The second kappa shape index (κ2) is 10.0. The van der Waals surface area contributed by atoms with Crippen molar-refractivity contribution < 1.29 is 0 Å². The molecule has 9 aromatic rings. The molecule has 9 rings (SSSR count). The topological polar surface area (TPSA) is 16.1 Å². The number of nitrogens with zero attached hydrogens (tertiary/aromatic N) is 2. The third kappa shape index (κ3) is 4.05. The highest BCUT2D eigenvalue weighted by molar-refractivity contribution is 7.25. The van der Waals surface area contributed by atoms with E-state index in [4.69, 9.17) is 0 Å². The highest BCUT2D eigenvalue weighted by atomic mass is 32.1. The molecule has 2 nitrogen and oxygen atoms in total. The fraction of sp³-hybridized carbons (Fsp3) is 0. The fourth-order valence-electron chi connectivity index (χ4n) is 6.58. The second-order valence-electron chi connectivity index (χ2n) is 11.3. The molecule has 0 radical (unpaired) electrons. The third-order valence-electron chi connectivity index (χ3n) is 8.73. The molecule has 0 unspecified atom stereocenters. The van der Waals surface area contributed by atoms with Gasteiger partial charge in [-0.15, -0.1) is 11.3 Å². The summed E-state index contributed by atoms with van der Waals surface area (Å²) < 4.78 is 2.52. The van der Waals surface area contributed by atoms with Crippen LogP contribution in [0, 0.1) is 0 Å². The molecular formula is C41H26N2S. The molecule has 0 saturated carbocycles. The Kier molecular flexibility index (Phi) is 5.71. The number of pyridine rings is 1. The maximum Gasteiger partial charge on any atom is 0.0476 e. The molecule has 0 amide bonds. The average Bonchev–Trinajstić information content (AvgIpc) is 3.47. The minimum atomic E-state index is 1.12. The molecule has 0 fully saturated rings. The van der Waals surface area contributed by atoms with E-state index >= 15 is 0 Å². The van der Waals surface area contributed by atoms with Crippen LogP contribution in [-0.4, -0.2) is 4.98 Å². The van der Waals surface area contributed by atoms with Gasteiger partial charge in [-0.05, 0) is 85.9 Å². The predicted octanol–water partition coefficient (Wildman–Crippen LogP) is 12.0. The quantitative estimate of drug-likeness (QED) is 0.193. The first-order chi connectivity index (χ1) is 21.8. The Balaban J connectivity index is 1.22. The van der Waals surface area contributed by atoms with Crippen molar-refractivity contribution >= 4 is 80.9 Å². The molecule has 0 aliphatic rings. The molecule has 0 aliphatic heterocycles. The van der Waals surface area contributed by atoms with Crippen molar-refractivity contribution in [2.45, 2.75) is 0 Å². The van der Waals surface area contributed by atoms with Crippen molar-refractivity contribution in [3.8, 4) is 11.1 Å². The summed E-state index contributed by atoms with van der Waals surface area (Å²) in [4.78, 5) is 6.76.